The molecule has 0 radical (unpaired) electrons. The van der Waals surface area contributed by atoms with E-state index < -0.39 is 0 Å². The third-order valence-corrected chi connectivity index (χ3v) is 6.54. The second-order valence-electron chi connectivity index (χ2n) is 7.22. The van der Waals surface area contributed by atoms with Crippen molar-refractivity contribution in [2.24, 2.45) is 5.41 Å². The summed E-state index contributed by atoms with van der Waals surface area (Å²) < 4.78 is 5.28. The Morgan fingerprint density at radius 1 is 1.25 bits per heavy atom. The van der Waals surface area contributed by atoms with Gasteiger partial charge >= 0.3 is 0 Å². The van der Waals surface area contributed by atoms with Crippen molar-refractivity contribution in [1.82, 2.24) is 9.80 Å². The van der Waals surface area contributed by atoms with Crippen LogP contribution in [0.5, 0.6) is 0 Å². The summed E-state index contributed by atoms with van der Waals surface area (Å²) in [7, 11) is 0. The van der Waals surface area contributed by atoms with Crippen LogP contribution in [0.1, 0.15) is 40.3 Å². The van der Waals surface area contributed by atoms with Crippen LogP contribution in [0.4, 0.5) is 0 Å². The van der Waals surface area contributed by atoms with E-state index in [0.717, 1.165) is 43.8 Å². The number of nitrogens with zero attached hydrogens (tertiary/aromatic N) is 2. The Hall–Kier alpha value is -1.59. The number of thiophene rings is 1. The summed E-state index contributed by atoms with van der Waals surface area (Å²) in [4.78, 5) is 18.7. The lowest BCUT2D eigenvalue weighted by Gasteiger charge is -2.39. The summed E-state index contributed by atoms with van der Waals surface area (Å²) in [5, 5.41) is 2.16. The number of piperidine rings is 1. The Morgan fingerprint density at radius 3 is 2.71 bits per heavy atom. The van der Waals surface area contributed by atoms with E-state index in [4.69, 9.17) is 4.42 Å². The summed E-state index contributed by atoms with van der Waals surface area (Å²) in [5.74, 6) is 0.854. The minimum Gasteiger partial charge on any atom is -0.469 e. The molecule has 2 saturated heterocycles. The van der Waals surface area contributed by atoms with Crippen LogP contribution >= 0.6 is 11.3 Å². The Labute approximate surface area is 147 Å². The highest BCUT2D eigenvalue weighted by Gasteiger charge is 2.41. The lowest BCUT2D eigenvalue weighted by Crippen LogP contribution is -2.44. The number of aryl methyl sites for hydroxylation is 1. The predicted octanol–water partition coefficient (Wildman–Crippen LogP) is 3.78. The fourth-order valence-corrected chi connectivity index (χ4v) is 4.90. The Bertz CT molecular complexity index is 699. The average Bonchev–Trinajstić information content (AvgIpc) is 3.31. The van der Waals surface area contributed by atoms with Crippen molar-refractivity contribution in [3.8, 4) is 0 Å². The molecule has 2 aromatic heterocycles. The van der Waals surface area contributed by atoms with Gasteiger partial charge in [-0.05, 0) is 55.7 Å². The zero-order valence-electron chi connectivity index (χ0n) is 14.2. The van der Waals surface area contributed by atoms with Gasteiger partial charge in [0.25, 0.3) is 5.91 Å². The second kappa shape index (κ2) is 6.37. The number of rotatable bonds is 3. The van der Waals surface area contributed by atoms with E-state index in [2.05, 4.69) is 22.4 Å². The van der Waals surface area contributed by atoms with Gasteiger partial charge in [-0.3, -0.25) is 9.69 Å². The van der Waals surface area contributed by atoms with Crippen molar-refractivity contribution in [2.75, 3.05) is 26.2 Å². The SMILES string of the molecule is Cc1occc1C(=O)N1CCC2(CCN(Cc3cccs3)C2)CC1. The number of carbonyl (C=O) groups excluding carboxylic acids is 1. The molecule has 0 aliphatic carbocycles. The molecule has 0 atom stereocenters. The van der Waals surface area contributed by atoms with Crippen LogP contribution in [-0.4, -0.2) is 41.9 Å². The maximum absolute atomic E-state index is 12.6. The number of carbonyl (C=O) groups is 1. The first-order valence-electron chi connectivity index (χ1n) is 8.73. The number of furan rings is 1. The molecule has 4 nitrogen and oxygen atoms in total. The van der Waals surface area contributed by atoms with Crippen LogP contribution in [0.2, 0.25) is 0 Å². The van der Waals surface area contributed by atoms with Crippen LogP contribution in [0.15, 0.2) is 34.3 Å². The third kappa shape index (κ3) is 3.03. The summed E-state index contributed by atoms with van der Waals surface area (Å²) >= 11 is 1.85. The van der Waals surface area contributed by atoms with E-state index in [1.54, 1.807) is 12.3 Å². The van der Waals surface area contributed by atoms with Crippen LogP contribution in [0, 0.1) is 12.3 Å². The maximum Gasteiger partial charge on any atom is 0.257 e. The predicted molar refractivity (Wildman–Crippen MR) is 95.2 cm³/mol. The molecule has 2 aromatic rings. The average molecular weight is 344 g/mol. The molecule has 4 heterocycles. The van der Waals surface area contributed by atoms with Gasteiger partial charge in [0.2, 0.25) is 0 Å². The van der Waals surface area contributed by atoms with E-state index in [1.165, 1.54) is 24.4 Å². The minimum absolute atomic E-state index is 0.129. The fraction of sp³-hybridized carbons (Fsp3) is 0.526. The van der Waals surface area contributed by atoms with E-state index in [-0.39, 0.29) is 5.91 Å². The molecule has 1 spiro atoms. The monoisotopic (exact) mass is 344 g/mol. The number of amides is 1. The van der Waals surface area contributed by atoms with Crippen LogP contribution in [0.3, 0.4) is 0 Å². The largest absolute Gasteiger partial charge is 0.469 e. The van der Waals surface area contributed by atoms with Gasteiger partial charge in [0.05, 0.1) is 11.8 Å². The molecule has 2 fully saturated rings. The first-order valence-corrected chi connectivity index (χ1v) is 9.61. The standard InChI is InChI=1S/C19H24N2O2S/c1-15-17(4-11-23-15)18(22)21-9-6-19(7-10-21)5-8-20(14-19)13-16-3-2-12-24-16/h2-4,11-12H,5-10,13-14H2,1H3. The molecular formula is C19H24N2O2S. The highest BCUT2D eigenvalue weighted by molar-refractivity contribution is 7.09. The van der Waals surface area contributed by atoms with Crippen molar-refractivity contribution in [3.63, 3.8) is 0 Å². The van der Waals surface area contributed by atoms with Gasteiger partial charge in [-0.15, -0.1) is 11.3 Å². The highest BCUT2D eigenvalue weighted by atomic mass is 32.1. The molecule has 5 heteroatoms. The fourth-order valence-electron chi connectivity index (χ4n) is 4.16. The minimum atomic E-state index is 0.129. The van der Waals surface area contributed by atoms with Gasteiger partial charge < -0.3 is 9.32 Å². The molecule has 0 saturated carbocycles. The molecule has 2 aliphatic heterocycles. The van der Waals surface area contributed by atoms with Gasteiger partial charge in [0.15, 0.2) is 0 Å². The number of likely N-dealkylation sites (tertiary alicyclic amines) is 2. The van der Waals surface area contributed by atoms with Crippen LogP contribution in [0.25, 0.3) is 0 Å². The Morgan fingerprint density at radius 2 is 2.04 bits per heavy atom. The van der Waals surface area contributed by atoms with Gasteiger partial charge in [-0.2, -0.15) is 0 Å². The van der Waals surface area contributed by atoms with Gasteiger partial charge in [-0.1, -0.05) is 6.07 Å². The quantitative estimate of drug-likeness (QED) is 0.850. The molecule has 24 heavy (non-hydrogen) atoms. The lowest BCUT2D eigenvalue weighted by atomic mass is 9.77. The first kappa shape index (κ1) is 15.9. The molecule has 2 aliphatic rings. The topological polar surface area (TPSA) is 36.7 Å². The Kier molecular flexibility index (Phi) is 4.22. The summed E-state index contributed by atoms with van der Waals surface area (Å²) in [5.41, 5.74) is 1.14. The molecule has 0 unspecified atom stereocenters. The van der Waals surface area contributed by atoms with Gasteiger partial charge in [0, 0.05) is 31.1 Å². The molecule has 0 bridgehead atoms. The number of hydrogen-bond acceptors (Lipinski definition) is 4. The normalized spacial score (nSPS) is 20.8. The van der Waals surface area contributed by atoms with Crippen LogP contribution < -0.4 is 0 Å². The van der Waals surface area contributed by atoms with Crippen molar-refractivity contribution in [2.45, 2.75) is 32.7 Å². The number of hydrogen-bond donors (Lipinski definition) is 0. The van der Waals surface area contributed by atoms with E-state index >= 15 is 0 Å². The first-order chi connectivity index (χ1) is 11.7. The molecule has 128 valence electrons. The van der Waals surface area contributed by atoms with E-state index in [0.29, 0.717) is 5.41 Å². The zero-order chi connectivity index (χ0) is 16.6. The van der Waals surface area contributed by atoms with E-state index in [9.17, 15) is 4.79 Å². The summed E-state index contributed by atoms with van der Waals surface area (Å²) in [6.45, 7) is 7.05. The molecule has 4 rings (SSSR count). The van der Waals surface area contributed by atoms with E-state index in [1.807, 2.05) is 23.2 Å². The lowest BCUT2D eigenvalue weighted by molar-refractivity contribution is 0.0586. The molecular weight excluding hydrogens is 320 g/mol. The smallest absolute Gasteiger partial charge is 0.257 e. The summed E-state index contributed by atoms with van der Waals surface area (Å²) in [6.07, 6.45) is 5.12. The molecule has 0 N–H and O–H groups in total. The van der Waals surface area contributed by atoms with Crippen LogP contribution in [-0.2, 0) is 6.54 Å². The maximum atomic E-state index is 12.6. The van der Waals surface area contributed by atoms with Crippen molar-refractivity contribution in [3.05, 3.63) is 46.0 Å². The highest BCUT2D eigenvalue weighted by Crippen LogP contribution is 2.41. The second-order valence-corrected chi connectivity index (χ2v) is 8.25. The van der Waals surface area contributed by atoms with Crippen molar-refractivity contribution in [1.29, 1.82) is 0 Å². The summed E-state index contributed by atoms with van der Waals surface area (Å²) in [6, 6.07) is 6.15. The Balaban J connectivity index is 1.34. The van der Waals surface area contributed by atoms with Gasteiger partial charge in [0.1, 0.15) is 5.76 Å². The zero-order valence-corrected chi connectivity index (χ0v) is 15.0. The third-order valence-electron chi connectivity index (χ3n) is 5.68. The van der Waals surface area contributed by atoms with Crippen molar-refractivity contribution >= 4 is 17.2 Å². The molecule has 1 amide bonds. The van der Waals surface area contributed by atoms with Crippen molar-refractivity contribution < 1.29 is 9.21 Å². The molecule has 0 aromatic carbocycles. The van der Waals surface area contributed by atoms with Gasteiger partial charge in [-0.25, -0.2) is 0 Å².